The number of nitrogens with one attached hydrogen (secondary N) is 1. The van der Waals surface area contributed by atoms with Gasteiger partial charge >= 0.3 is 0 Å². The molecule has 0 radical (unpaired) electrons. The number of rotatable bonds is 3. The van der Waals surface area contributed by atoms with Gasteiger partial charge in [0.15, 0.2) is 0 Å². The van der Waals surface area contributed by atoms with E-state index in [-0.39, 0.29) is 24.8 Å². The lowest BCUT2D eigenvalue weighted by Gasteiger charge is -2.26. The zero-order valence-corrected chi connectivity index (χ0v) is 16.7. The molecule has 1 N–H and O–H groups in total. The average Bonchev–Trinajstić information content (AvgIpc) is 3.04. The fourth-order valence-corrected chi connectivity index (χ4v) is 3.96. The summed E-state index contributed by atoms with van der Waals surface area (Å²) in [6, 6.07) is 21.3. The van der Waals surface area contributed by atoms with Gasteiger partial charge in [-0.05, 0) is 30.2 Å². The molecule has 0 fully saturated rings. The third kappa shape index (κ3) is 3.81. The predicted octanol–water partition coefficient (Wildman–Crippen LogP) is 5.16. The van der Waals surface area contributed by atoms with Gasteiger partial charge in [-0.1, -0.05) is 42.5 Å². The highest BCUT2D eigenvalue weighted by molar-refractivity contribution is 5.86. The molecular weight excluding hydrogens is 377 g/mol. The van der Waals surface area contributed by atoms with Gasteiger partial charge in [0.25, 0.3) is 0 Å². The maximum atomic E-state index is 4.80. The largest absolute Gasteiger partial charge is 0.357 e. The number of hydrogen-bond donors (Lipinski definition) is 1. The van der Waals surface area contributed by atoms with E-state index in [1.165, 1.54) is 33.2 Å². The number of fused-ring (bicyclic) bond motifs is 4. The molecule has 140 valence electrons. The number of nitrogens with zero attached hydrogens (tertiary/aromatic N) is 2. The molecule has 3 heterocycles. The number of H-pyrrole nitrogens is 1. The van der Waals surface area contributed by atoms with Crippen molar-refractivity contribution >= 4 is 46.6 Å². The van der Waals surface area contributed by atoms with Crippen molar-refractivity contribution in [2.45, 2.75) is 19.4 Å². The minimum absolute atomic E-state index is 0. The van der Waals surface area contributed by atoms with E-state index in [1.807, 2.05) is 0 Å². The van der Waals surface area contributed by atoms with Crippen LogP contribution in [0.15, 0.2) is 60.7 Å². The molecule has 0 saturated carbocycles. The molecule has 27 heavy (non-hydrogen) atoms. The summed E-state index contributed by atoms with van der Waals surface area (Å²) in [5, 5.41) is 2.61. The Kier molecular flexibility index (Phi) is 6.05. The summed E-state index contributed by atoms with van der Waals surface area (Å²) in [4.78, 5) is 11.0. The van der Waals surface area contributed by atoms with Crippen LogP contribution in [-0.4, -0.2) is 28.0 Å². The summed E-state index contributed by atoms with van der Waals surface area (Å²) in [5.74, 6) is 0. The van der Waals surface area contributed by atoms with Gasteiger partial charge in [-0.25, -0.2) is 0 Å². The van der Waals surface area contributed by atoms with Crippen molar-refractivity contribution in [1.29, 1.82) is 0 Å². The summed E-state index contributed by atoms with van der Waals surface area (Å²) in [5.41, 5.74) is 6.44. The second-order valence-electron chi connectivity index (χ2n) is 6.90. The Balaban J connectivity index is 0.00000105. The standard InChI is InChI=1S/C22H21N3.2ClH/c1-3-7-20-16(5-1)9-10-17(23-20)11-13-25-14-12-19-18-6-2-4-8-21(18)24-22(19)15-25;;/h1-10,24H,11-15H2;2*1H. The number of para-hydroxylation sites is 2. The molecule has 0 bridgehead atoms. The van der Waals surface area contributed by atoms with Crippen LogP contribution in [0.25, 0.3) is 21.8 Å². The molecule has 1 aliphatic heterocycles. The smallest absolute Gasteiger partial charge is 0.0705 e. The number of pyridine rings is 1. The lowest BCUT2D eigenvalue weighted by atomic mass is 10.0. The van der Waals surface area contributed by atoms with Crippen LogP contribution in [0.4, 0.5) is 0 Å². The summed E-state index contributed by atoms with van der Waals surface area (Å²) >= 11 is 0. The summed E-state index contributed by atoms with van der Waals surface area (Å²) in [6.45, 7) is 3.19. The third-order valence-electron chi connectivity index (χ3n) is 5.30. The summed E-state index contributed by atoms with van der Waals surface area (Å²) < 4.78 is 0. The van der Waals surface area contributed by atoms with Crippen molar-refractivity contribution in [3.8, 4) is 0 Å². The predicted molar refractivity (Wildman–Crippen MR) is 117 cm³/mol. The van der Waals surface area contributed by atoms with Crippen molar-refractivity contribution < 1.29 is 0 Å². The molecule has 0 aliphatic carbocycles. The lowest BCUT2D eigenvalue weighted by Crippen LogP contribution is -2.32. The topological polar surface area (TPSA) is 31.9 Å². The van der Waals surface area contributed by atoms with E-state index in [1.54, 1.807) is 0 Å². The van der Waals surface area contributed by atoms with E-state index in [4.69, 9.17) is 4.98 Å². The van der Waals surface area contributed by atoms with Crippen molar-refractivity contribution in [2.24, 2.45) is 0 Å². The van der Waals surface area contributed by atoms with Crippen molar-refractivity contribution in [3.05, 3.63) is 77.6 Å². The van der Waals surface area contributed by atoms with Crippen LogP contribution < -0.4 is 0 Å². The first-order chi connectivity index (χ1) is 12.4. The maximum absolute atomic E-state index is 4.80. The molecule has 0 amide bonds. The second kappa shape index (κ2) is 8.30. The summed E-state index contributed by atoms with van der Waals surface area (Å²) in [7, 11) is 0. The highest BCUT2D eigenvalue weighted by Gasteiger charge is 2.20. The van der Waals surface area contributed by atoms with Crippen LogP contribution in [-0.2, 0) is 19.4 Å². The Morgan fingerprint density at radius 3 is 2.67 bits per heavy atom. The van der Waals surface area contributed by atoms with E-state index < -0.39 is 0 Å². The molecule has 0 saturated heterocycles. The lowest BCUT2D eigenvalue weighted by molar-refractivity contribution is 0.254. The van der Waals surface area contributed by atoms with Gasteiger partial charge in [0.1, 0.15) is 0 Å². The molecule has 2 aromatic heterocycles. The third-order valence-corrected chi connectivity index (χ3v) is 5.30. The fourth-order valence-electron chi connectivity index (χ4n) is 3.96. The van der Waals surface area contributed by atoms with Gasteiger partial charge in [-0.15, -0.1) is 24.8 Å². The number of aromatic amines is 1. The first-order valence-electron chi connectivity index (χ1n) is 9.02. The normalized spacial score (nSPS) is 13.8. The number of benzene rings is 2. The molecule has 0 unspecified atom stereocenters. The van der Waals surface area contributed by atoms with Gasteiger partial charge in [0.05, 0.1) is 5.52 Å². The van der Waals surface area contributed by atoms with Crippen LogP contribution in [0.2, 0.25) is 0 Å². The molecule has 0 spiro atoms. The van der Waals surface area contributed by atoms with Crippen molar-refractivity contribution in [3.63, 3.8) is 0 Å². The Labute approximate surface area is 171 Å². The number of aromatic nitrogens is 2. The molecule has 3 nitrogen and oxygen atoms in total. The minimum atomic E-state index is 0. The van der Waals surface area contributed by atoms with Crippen LogP contribution in [0, 0.1) is 0 Å². The number of hydrogen-bond acceptors (Lipinski definition) is 2. The van der Waals surface area contributed by atoms with Crippen molar-refractivity contribution in [2.75, 3.05) is 13.1 Å². The zero-order valence-electron chi connectivity index (χ0n) is 15.0. The highest BCUT2D eigenvalue weighted by atomic mass is 35.5. The maximum Gasteiger partial charge on any atom is 0.0705 e. The highest BCUT2D eigenvalue weighted by Crippen LogP contribution is 2.27. The van der Waals surface area contributed by atoms with Crippen LogP contribution in [0.1, 0.15) is 17.0 Å². The van der Waals surface area contributed by atoms with E-state index >= 15 is 0 Å². The molecule has 5 heteroatoms. The molecule has 1 aliphatic rings. The second-order valence-corrected chi connectivity index (χ2v) is 6.90. The quantitative estimate of drug-likeness (QED) is 0.515. The fraction of sp³-hybridized carbons (Fsp3) is 0.227. The zero-order chi connectivity index (χ0) is 16.6. The summed E-state index contributed by atoms with van der Waals surface area (Å²) in [6.07, 6.45) is 2.13. The molecule has 0 atom stereocenters. The molecular formula is C22H23Cl2N3. The SMILES string of the molecule is Cl.Cl.c1ccc2nc(CCN3CCc4c([nH]c5ccccc45)C3)ccc2c1. The number of halogens is 2. The van der Waals surface area contributed by atoms with Crippen LogP contribution >= 0.6 is 24.8 Å². The average molecular weight is 400 g/mol. The van der Waals surface area contributed by atoms with Gasteiger partial charge < -0.3 is 4.98 Å². The first-order valence-corrected chi connectivity index (χ1v) is 9.02. The van der Waals surface area contributed by atoms with E-state index in [0.29, 0.717) is 0 Å². The van der Waals surface area contributed by atoms with Gasteiger partial charge in [0.2, 0.25) is 0 Å². The Morgan fingerprint density at radius 2 is 1.74 bits per heavy atom. The van der Waals surface area contributed by atoms with Crippen LogP contribution in [0.5, 0.6) is 0 Å². The van der Waals surface area contributed by atoms with E-state index in [2.05, 4.69) is 70.5 Å². The minimum Gasteiger partial charge on any atom is -0.357 e. The van der Waals surface area contributed by atoms with E-state index in [0.717, 1.165) is 38.0 Å². The Bertz CT molecular complexity index is 1060. The molecule has 5 rings (SSSR count). The van der Waals surface area contributed by atoms with E-state index in [9.17, 15) is 0 Å². The van der Waals surface area contributed by atoms with Gasteiger partial charge in [0, 0.05) is 53.7 Å². The van der Waals surface area contributed by atoms with Crippen LogP contribution in [0.3, 0.4) is 0 Å². The Morgan fingerprint density at radius 1 is 0.926 bits per heavy atom. The Hall–Kier alpha value is -2.07. The van der Waals surface area contributed by atoms with Crippen molar-refractivity contribution in [1.82, 2.24) is 14.9 Å². The molecule has 2 aromatic carbocycles. The van der Waals surface area contributed by atoms with Gasteiger partial charge in [-0.3, -0.25) is 9.88 Å². The monoisotopic (exact) mass is 399 g/mol. The van der Waals surface area contributed by atoms with Gasteiger partial charge in [-0.2, -0.15) is 0 Å². The molecule has 4 aromatic rings. The first kappa shape index (κ1) is 19.7.